The molecular formula is C10H22NNaO5S. The van der Waals surface area contributed by atoms with Gasteiger partial charge >= 0.3 is 29.6 Å². The van der Waals surface area contributed by atoms with Gasteiger partial charge in [-0.15, -0.1) is 0 Å². The number of nitrogens with zero attached hydrogens (tertiary/aromatic N) is 1. The van der Waals surface area contributed by atoms with Crippen molar-refractivity contribution in [3.05, 3.63) is 0 Å². The fourth-order valence-electron chi connectivity index (χ4n) is 1.82. The molecule has 0 heterocycles. The van der Waals surface area contributed by atoms with Gasteiger partial charge in [0.05, 0.1) is 29.1 Å². The van der Waals surface area contributed by atoms with Crippen molar-refractivity contribution in [3.63, 3.8) is 0 Å². The first-order valence-electron chi connectivity index (χ1n) is 5.80. The number of rotatable bonds is 9. The molecule has 0 rings (SSSR count). The summed E-state index contributed by atoms with van der Waals surface area (Å²) in [5.41, 5.74) is 0. The number of aliphatic hydroxyl groups excluding tert-OH is 2. The van der Waals surface area contributed by atoms with Crippen molar-refractivity contribution < 1.29 is 52.7 Å². The molecule has 8 heteroatoms. The molecule has 2 unspecified atom stereocenters. The van der Waals surface area contributed by atoms with E-state index in [0.717, 1.165) is 0 Å². The summed E-state index contributed by atoms with van der Waals surface area (Å²) in [6.45, 7) is 3.54. The van der Waals surface area contributed by atoms with Crippen LogP contribution in [0.2, 0.25) is 0 Å². The fourth-order valence-corrected chi connectivity index (χ4v) is 2.25. The van der Waals surface area contributed by atoms with Crippen LogP contribution in [0.15, 0.2) is 0 Å². The molecule has 0 bridgehead atoms. The van der Waals surface area contributed by atoms with Gasteiger partial charge in [-0.25, -0.2) is 8.42 Å². The average molecular weight is 291 g/mol. The van der Waals surface area contributed by atoms with Gasteiger partial charge in [0, 0.05) is 18.6 Å². The zero-order valence-electron chi connectivity index (χ0n) is 11.4. The predicted molar refractivity (Wildman–Crippen MR) is 63.6 cm³/mol. The van der Waals surface area contributed by atoms with Crippen LogP contribution in [-0.2, 0) is 10.1 Å². The third-order valence-corrected chi connectivity index (χ3v) is 3.58. The second-order valence-electron chi connectivity index (χ2n) is 3.99. The molecule has 0 saturated carbocycles. The van der Waals surface area contributed by atoms with Crippen LogP contribution in [0.3, 0.4) is 0 Å². The second-order valence-corrected chi connectivity index (χ2v) is 5.51. The maximum absolute atomic E-state index is 10.6. The van der Waals surface area contributed by atoms with Crippen molar-refractivity contribution >= 4 is 10.1 Å². The first-order valence-corrected chi connectivity index (χ1v) is 7.38. The van der Waals surface area contributed by atoms with Gasteiger partial charge in [0.15, 0.2) is 0 Å². The molecule has 0 radical (unpaired) electrons. The molecule has 0 spiro atoms. The molecule has 0 aromatic heterocycles. The van der Waals surface area contributed by atoms with Crippen LogP contribution >= 0.6 is 0 Å². The Morgan fingerprint density at radius 2 is 1.50 bits per heavy atom. The molecule has 0 aromatic carbocycles. The second kappa shape index (κ2) is 10.6. The summed E-state index contributed by atoms with van der Waals surface area (Å²) in [7, 11) is -4.27. The van der Waals surface area contributed by atoms with Crippen LogP contribution in [0.1, 0.15) is 26.7 Å². The SMILES string of the molecule is CCC(CO)N(CCS(=O)(=O)[O-])C(CC)CO.[Na+]. The monoisotopic (exact) mass is 291 g/mol. The van der Waals surface area contributed by atoms with E-state index in [0.29, 0.717) is 12.8 Å². The van der Waals surface area contributed by atoms with E-state index in [9.17, 15) is 23.2 Å². The Hall–Kier alpha value is 0.790. The van der Waals surface area contributed by atoms with Crippen molar-refractivity contribution in [1.29, 1.82) is 0 Å². The van der Waals surface area contributed by atoms with Gasteiger partial charge in [-0.2, -0.15) is 0 Å². The van der Waals surface area contributed by atoms with E-state index in [-0.39, 0.29) is 61.4 Å². The van der Waals surface area contributed by atoms with Crippen LogP contribution in [-0.4, -0.2) is 65.7 Å². The van der Waals surface area contributed by atoms with E-state index in [2.05, 4.69) is 0 Å². The molecule has 0 aromatic rings. The van der Waals surface area contributed by atoms with Crippen LogP contribution in [0.5, 0.6) is 0 Å². The molecule has 6 nitrogen and oxygen atoms in total. The van der Waals surface area contributed by atoms with E-state index in [1.54, 1.807) is 4.90 Å². The zero-order valence-corrected chi connectivity index (χ0v) is 14.2. The van der Waals surface area contributed by atoms with Crippen LogP contribution in [0.25, 0.3) is 0 Å². The minimum atomic E-state index is -4.27. The third kappa shape index (κ3) is 8.06. The van der Waals surface area contributed by atoms with Gasteiger partial charge in [0.2, 0.25) is 0 Å². The molecule has 0 aliphatic heterocycles. The minimum Gasteiger partial charge on any atom is -0.748 e. The van der Waals surface area contributed by atoms with Gasteiger partial charge < -0.3 is 14.8 Å². The number of hydrogen-bond acceptors (Lipinski definition) is 6. The van der Waals surface area contributed by atoms with Crippen molar-refractivity contribution in [3.8, 4) is 0 Å². The van der Waals surface area contributed by atoms with Crippen molar-refractivity contribution in [2.45, 2.75) is 38.8 Å². The normalized spacial score (nSPS) is 15.2. The maximum atomic E-state index is 10.6. The molecule has 18 heavy (non-hydrogen) atoms. The van der Waals surface area contributed by atoms with E-state index < -0.39 is 15.9 Å². The quantitative estimate of drug-likeness (QED) is 0.336. The summed E-state index contributed by atoms with van der Waals surface area (Å²) in [5, 5.41) is 18.4. The number of aliphatic hydroxyl groups is 2. The molecule has 0 aliphatic rings. The van der Waals surface area contributed by atoms with Gasteiger partial charge in [0.25, 0.3) is 0 Å². The Kier molecular flexibility index (Phi) is 12.4. The summed E-state index contributed by atoms with van der Waals surface area (Å²) in [6.07, 6.45) is 1.26. The first-order chi connectivity index (χ1) is 7.89. The van der Waals surface area contributed by atoms with Crippen molar-refractivity contribution in [1.82, 2.24) is 4.90 Å². The Morgan fingerprint density at radius 1 is 1.11 bits per heavy atom. The van der Waals surface area contributed by atoms with E-state index >= 15 is 0 Å². The standard InChI is InChI=1S/C10H23NO5S.Na/c1-3-9(7-12)11(10(4-2)8-13)5-6-17(14,15)16;/h9-10,12-13H,3-8H2,1-2H3,(H,14,15,16);/q;+1/p-1. The largest absolute Gasteiger partial charge is 1.00 e. The fraction of sp³-hybridized carbons (Fsp3) is 1.00. The zero-order chi connectivity index (χ0) is 13.5. The molecule has 104 valence electrons. The smallest absolute Gasteiger partial charge is 0.748 e. The van der Waals surface area contributed by atoms with Crippen molar-refractivity contribution in [2.24, 2.45) is 0 Å². The summed E-state index contributed by atoms with van der Waals surface area (Å²) in [6, 6.07) is -0.456. The molecule has 2 atom stereocenters. The third-order valence-electron chi connectivity index (χ3n) is 2.90. The molecule has 0 saturated heterocycles. The summed E-state index contributed by atoms with van der Waals surface area (Å²) < 4.78 is 31.9. The van der Waals surface area contributed by atoms with Crippen molar-refractivity contribution in [2.75, 3.05) is 25.5 Å². The van der Waals surface area contributed by atoms with Gasteiger partial charge in [0.1, 0.15) is 0 Å². The average Bonchev–Trinajstić information content (AvgIpc) is 2.26. The molecule has 0 aliphatic carbocycles. The molecule has 2 N–H and O–H groups in total. The van der Waals surface area contributed by atoms with E-state index in [1.807, 2.05) is 13.8 Å². The Labute approximate surface area is 131 Å². The summed E-state index contributed by atoms with van der Waals surface area (Å²) in [5.74, 6) is -0.500. The predicted octanol–water partition coefficient (Wildman–Crippen LogP) is -3.62. The van der Waals surface area contributed by atoms with Crippen LogP contribution < -0.4 is 29.6 Å². The van der Waals surface area contributed by atoms with Crippen LogP contribution in [0, 0.1) is 0 Å². The Balaban J connectivity index is 0. The summed E-state index contributed by atoms with van der Waals surface area (Å²) in [4.78, 5) is 1.70. The Bertz CT molecular complexity index is 279. The summed E-state index contributed by atoms with van der Waals surface area (Å²) >= 11 is 0. The van der Waals surface area contributed by atoms with Crippen LogP contribution in [0.4, 0.5) is 0 Å². The topological polar surface area (TPSA) is 101 Å². The maximum Gasteiger partial charge on any atom is 1.00 e. The molecule has 0 fully saturated rings. The minimum absolute atomic E-state index is 0. The Morgan fingerprint density at radius 3 is 1.72 bits per heavy atom. The number of hydrogen-bond donors (Lipinski definition) is 2. The van der Waals surface area contributed by atoms with E-state index in [4.69, 9.17) is 0 Å². The first kappa shape index (κ1) is 21.1. The molecular weight excluding hydrogens is 269 g/mol. The van der Waals surface area contributed by atoms with Gasteiger partial charge in [-0.05, 0) is 12.8 Å². The van der Waals surface area contributed by atoms with E-state index in [1.165, 1.54) is 0 Å². The van der Waals surface area contributed by atoms with Gasteiger partial charge in [-0.3, -0.25) is 4.90 Å². The molecule has 0 amide bonds. The van der Waals surface area contributed by atoms with Gasteiger partial charge in [-0.1, -0.05) is 13.8 Å².